The quantitative estimate of drug-likeness (QED) is 0.702. The molecular weight excluding hydrogens is 400 g/mol. The molecule has 2 unspecified atom stereocenters. The Kier molecular flexibility index (Phi) is 3.70. The lowest BCUT2D eigenvalue weighted by molar-refractivity contribution is 0.672. The Morgan fingerprint density at radius 3 is 2.64 bits per heavy atom. The van der Waals surface area contributed by atoms with E-state index in [2.05, 4.69) is 63.4 Å². The van der Waals surface area contributed by atoms with E-state index in [0.29, 0.717) is 12.0 Å². The van der Waals surface area contributed by atoms with Crippen molar-refractivity contribution in [2.75, 3.05) is 0 Å². The molecule has 76 valence electrons. The van der Waals surface area contributed by atoms with Gasteiger partial charge in [-0.15, -0.1) is 0 Å². The van der Waals surface area contributed by atoms with Gasteiger partial charge in [0.25, 0.3) is 0 Å². The fourth-order valence-electron chi connectivity index (χ4n) is 2.13. The SMILES string of the molecule is NC1CCC(c2cc(I)ccc2I)C1. The van der Waals surface area contributed by atoms with Crippen LogP contribution in [0.5, 0.6) is 0 Å². The third kappa shape index (κ3) is 2.41. The molecule has 1 aromatic rings. The van der Waals surface area contributed by atoms with Gasteiger partial charge in [0, 0.05) is 13.2 Å². The molecular formula is C11H13I2N. The summed E-state index contributed by atoms with van der Waals surface area (Å²) in [5.74, 6) is 0.701. The van der Waals surface area contributed by atoms with Gasteiger partial charge in [0.05, 0.1) is 0 Å². The minimum Gasteiger partial charge on any atom is -0.328 e. The summed E-state index contributed by atoms with van der Waals surface area (Å²) >= 11 is 4.81. The maximum Gasteiger partial charge on any atom is 0.0165 e. The highest BCUT2D eigenvalue weighted by molar-refractivity contribution is 14.1. The van der Waals surface area contributed by atoms with Gasteiger partial charge in [-0.25, -0.2) is 0 Å². The van der Waals surface area contributed by atoms with E-state index in [1.54, 1.807) is 0 Å². The summed E-state index contributed by atoms with van der Waals surface area (Å²) in [5.41, 5.74) is 7.45. The second-order valence-electron chi connectivity index (χ2n) is 3.94. The Morgan fingerprint density at radius 2 is 2.00 bits per heavy atom. The molecule has 0 aliphatic heterocycles. The van der Waals surface area contributed by atoms with E-state index in [9.17, 15) is 0 Å². The average molecular weight is 413 g/mol. The average Bonchev–Trinajstić information content (AvgIpc) is 2.56. The van der Waals surface area contributed by atoms with E-state index >= 15 is 0 Å². The monoisotopic (exact) mass is 413 g/mol. The molecule has 1 aliphatic carbocycles. The van der Waals surface area contributed by atoms with Crippen molar-refractivity contribution in [3.8, 4) is 0 Å². The zero-order valence-electron chi connectivity index (χ0n) is 7.84. The molecule has 0 amide bonds. The maximum atomic E-state index is 5.95. The van der Waals surface area contributed by atoms with Crippen LogP contribution in [-0.4, -0.2) is 6.04 Å². The molecule has 3 heteroatoms. The first-order chi connectivity index (χ1) is 6.66. The van der Waals surface area contributed by atoms with Crippen molar-refractivity contribution in [3.63, 3.8) is 0 Å². The van der Waals surface area contributed by atoms with Gasteiger partial charge in [-0.2, -0.15) is 0 Å². The summed E-state index contributed by atoms with van der Waals surface area (Å²) < 4.78 is 2.72. The molecule has 1 saturated carbocycles. The van der Waals surface area contributed by atoms with Crippen LogP contribution in [0.25, 0.3) is 0 Å². The van der Waals surface area contributed by atoms with E-state index in [1.165, 1.54) is 25.5 Å². The van der Waals surface area contributed by atoms with Crippen molar-refractivity contribution < 1.29 is 0 Å². The van der Waals surface area contributed by atoms with E-state index in [1.807, 2.05) is 0 Å². The van der Waals surface area contributed by atoms with Crippen LogP contribution < -0.4 is 5.73 Å². The Hall–Kier alpha value is 0.640. The van der Waals surface area contributed by atoms with Gasteiger partial charge in [-0.05, 0) is 94.1 Å². The first kappa shape index (κ1) is 11.1. The summed E-state index contributed by atoms with van der Waals surface area (Å²) in [7, 11) is 0. The lowest BCUT2D eigenvalue weighted by Crippen LogP contribution is -2.14. The molecule has 1 fully saturated rings. The second-order valence-corrected chi connectivity index (χ2v) is 6.34. The number of nitrogens with two attached hydrogens (primary N) is 1. The van der Waals surface area contributed by atoms with Crippen LogP contribution in [0.2, 0.25) is 0 Å². The Morgan fingerprint density at radius 1 is 1.21 bits per heavy atom. The van der Waals surface area contributed by atoms with Gasteiger partial charge >= 0.3 is 0 Å². The van der Waals surface area contributed by atoms with Crippen molar-refractivity contribution in [1.29, 1.82) is 0 Å². The standard InChI is InChI=1S/C11H13I2N/c12-8-2-4-11(13)10(6-8)7-1-3-9(14)5-7/h2,4,6-7,9H,1,3,5,14H2. The summed E-state index contributed by atoms with van der Waals surface area (Å²) in [4.78, 5) is 0. The van der Waals surface area contributed by atoms with Crippen LogP contribution in [-0.2, 0) is 0 Å². The van der Waals surface area contributed by atoms with Crippen molar-refractivity contribution in [2.45, 2.75) is 31.2 Å². The lowest BCUT2D eigenvalue weighted by Gasteiger charge is -2.12. The number of rotatable bonds is 1. The Labute approximate surface area is 112 Å². The van der Waals surface area contributed by atoms with Gasteiger partial charge < -0.3 is 5.73 Å². The topological polar surface area (TPSA) is 26.0 Å². The van der Waals surface area contributed by atoms with Gasteiger partial charge in [-0.3, -0.25) is 0 Å². The summed E-state index contributed by atoms with van der Waals surface area (Å²) in [6.45, 7) is 0. The predicted octanol–water partition coefficient (Wildman–Crippen LogP) is 3.49. The van der Waals surface area contributed by atoms with Crippen LogP contribution in [0.3, 0.4) is 0 Å². The summed E-state index contributed by atoms with van der Waals surface area (Å²) in [6.07, 6.45) is 3.61. The fourth-order valence-corrected chi connectivity index (χ4v) is 3.42. The summed E-state index contributed by atoms with van der Waals surface area (Å²) in [6, 6.07) is 7.11. The number of hydrogen-bond donors (Lipinski definition) is 1. The van der Waals surface area contributed by atoms with Crippen molar-refractivity contribution in [1.82, 2.24) is 0 Å². The van der Waals surface area contributed by atoms with Crippen LogP contribution in [0.4, 0.5) is 0 Å². The van der Waals surface area contributed by atoms with Crippen LogP contribution in [0, 0.1) is 7.14 Å². The zero-order valence-corrected chi connectivity index (χ0v) is 12.2. The first-order valence-corrected chi connectivity index (χ1v) is 7.03. The van der Waals surface area contributed by atoms with Gasteiger partial charge in [0.2, 0.25) is 0 Å². The molecule has 1 aromatic carbocycles. The highest BCUT2D eigenvalue weighted by atomic mass is 127. The molecule has 1 aliphatic rings. The number of hydrogen-bond acceptors (Lipinski definition) is 1. The second kappa shape index (κ2) is 4.65. The number of benzene rings is 1. The Balaban J connectivity index is 2.27. The third-order valence-electron chi connectivity index (χ3n) is 2.87. The molecule has 0 aromatic heterocycles. The minimum absolute atomic E-state index is 0.425. The molecule has 0 radical (unpaired) electrons. The smallest absolute Gasteiger partial charge is 0.0165 e. The number of halogens is 2. The van der Waals surface area contributed by atoms with Gasteiger partial charge in [-0.1, -0.05) is 0 Å². The molecule has 1 nitrogen and oxygen atoms in total. The largest absolute Gasteiger partial charge is 0.328 e. The Bertz CT molecular complexity index is 338. The van der Waals surface area contributed by atoms with E-state index in [-0.39, 0.29) is 0 Å². The molecule has 2 N–H and O–H groups in total. The van der Waals surface area contributed by atoms with Gasteiger partial charge in [0.15, 0.2) is 0 Å². The predicted molar refractivity (Wildman–Crippen MR) is 76.4 cm³/mol. The molecule has 0 heterocycles. The van der Waals surface area contributed by atoms with E-state index in [0.717, 1.165) is 6.42 Å². The third-order valence-corrected chi connectivity index (χ3v) is 4.52. The van der Waals surface area contributed by atoms with Crippen LogP contribution in [0.1, 0.15) is 30.7 Å². The molecule has 2 rings (SSSR count). The van der Waals surface area contributed by atoms with Crippen LogP contribution >= 0.6 is 45.2 Å². The molecule has 0 bridgehead atoms. The van der Waals surface area contributed by atoms with Crippen molar-refractivity contribution >= 4 is 45.2 Å². The molecule has 0 saturated heterocycles. The van der Waals surface area contributed by atoms with E-state index in [4.69, 9.17) is 5.73 Å². The summed E-state index contributed by atoms with van der Waals surface area (Å²) in [5, 5.41) is 0. The van der Waals surface area contributed by atoms with Crippen LogP contribution in [0.15, 0.2) is 18.2 Å². The lowest BCUT2D eigenvalue weighted by atomic mass is 9.98. The highest BCUT2D eigenvalue weighted by Crippen LogP contribution is 2.36. The van der Waals surface area contributed by atoms with Crippen molar-refractivity contribution in [2.24, 2.45) is 5.73 Å². The minimum atomic E-state index is 0.425. The maximum absolute atomic E-state index is 5.95. The van der Waals surface area contributed by atoms with Gasteiger partial charge in [0.1, 0.15) is 0 Å². The first-order valence-electron chi connectivity index (χ1n) is 4.87. The molecule has 14 heavy (non-hydrogen) atoms. The molecule has 0 spiro atoms. The molecule has 2 atom stereocenters. The van der Waals surface area contributed by atoms with Crippen molar-refractivity contribution in [3.05, 3.63) is 30.9 Å². The fraction of sp³-hybridized carbons (Fsp3) is 0.455. The zero-order chi connectivity index (χ0) is 10.1. The normalized spacial score (nSPS) is 26.8. The van der Waals surface area contributed by atoms with E-state index < -0.39 is 0 Å². The highest BCUT2D eigenvalue weighted by Gasteiger charge is 2.24.